The predicted molar refractivity (Wildman–Crippen MR) is 161 cm³/mol. The summed E-state index contributed by atoms with van der Waals surface area (Å²) in [6, 6.07) is 8.13. The van der Waals surface area contributed by atoms with Crippen molar-refractivity contribution in [2.24, 2.45) is 0 Å². The van der Waals surface area contributed by atoms with Crippen molar-refractivity contribution >= 4 is 5.97 Å². The Labute approximate surface area is 257 Å². The fourth-order valence-corrected chi connectivity index (χ4v) is 6.58. The van der Waals surface area contributed by atoms with E-state index in [1.54, 1.807) is 0 Å². The summed E-state index contributed by atoms with van der Waals surface area (Å²) in [5.41, 5.74) is 2.13. The zero-order valence-corrected chi connectivity index (χ0v) is 26.9. The Hall–Kier alpha value is -1.59. The van der Waals surface area contributed by atoms with E-state index in [9.17, 15) is 9.90 Å². The molecule has 0 aromatic heterocycles. The first kappa shape index (κ1) is 34.3. The van der Waals surface area contributed by atoms with Gasteiger partial charge in [-0.25, -0.2) is 0 Å². The topological polar surface area (TPSA) is 102 Å². The van der Waals surface area contributed by atoms with Crippen molar-refractivity contribution in [1.82, 2.24) is 0 Å². The number of hydrogen-bond donors (Lipinski definition) is 1. The van der Waals surface area contributed by atoms with E-state index in [2.05, 4.69) is 13.8 Å². The van der Waals surface area contributed by atoms with Gasteiger partial charge in [0.1, 0.15) is 6.10 Å². The number of esters is 1. The molecule has 4 rings (SSSR count). The minimum atomic E-state index is -0.704. The number of aliphatic hydroxyl groups excluding tert-OH is 1. The van der Waals surface area contributed by atoms with Crippen LogP contribution in [0.5, 0.6) is 0 Å². The smallest absolute Gasteiger partial charge is 0.302 e. The first-order valence-corrected chi connectivity index (χ1v) is 16.4. The monoisotopic (exact) mass is 606 g/mol. The molecular formula is C34H54O9. The van der Waals surface area contributed by atoms with E-state index in [0.717, 1.165) is 37.7 Å². The van der Waals surface area contributed by atoms with Crippen LogP contribution >= 0.6 is 0 Å². The van der Waals surface area contributed by atoms with Crippen LogP contribution in [0.15, 0.2) is 24.3 Å². The molecule has 0 spiro atoms. The fourth-order valence-electron chi connectivity index (χ4n) is 6.58. The van der Waals surface area contributed by atoms with Crippen molar-refractivity contribution in [2.75, 3.05) is 0 Å². The maximum Gasteiger partial charge on any atom is 0.302 e. The average Bonchev–Trinajstić information content (AvgIpc) is 2.92. The van der Waals surface area contributed by atoms with Gasteiger partial charge in [0.25, 0.3) is 0 Å². The van der Waals surface area contributed by atoms with Gasteiger partial charge < -0.3 is 38.3 Å². The van der Waals surface area contributed by atoms with Crippen LogP contribution in [0, 0.1) is 6.92 Å². The van der Waals surface area contributed by atoms with Crippen molar-refractivity contribution in [3.05, 3.63) is 35.4 Å². The van der Waals surface area contributed by atoms with Gasteiger partial charge in [-0.2, -0.15) is 0 Å². The van der Waals surface area contributed by atoms with Crippen molar-refractivity contribution in [2.45, 2.75) is 173 Å². The average molecular weight is 607 g/mol. The molecule has 3 fully saturated rings. The van der Waals surface area contributed by atoms with E-state index < -0.39 is 18.5 Å². The molecule has 1 aromatic rings. The van der Waals surface area contributed by atoms with Gasteiger partial charge in [0, 0.05) is 44.6 Å². The third kappa shape index (κ3) is 11.1. The zero-order valence-electron chi connectivity index (χ0n) is 26.9. The summed E-state index contributed by atoms with van der Waals surface area (Å²) in [6.45, 7) is 11.7. The number of rotatable bonds is 13. The molecule has 0 bridgehead atoms. The summed E-state index contributed by atoms with van der Waals surface area (Å²) in [5.74, 6) is -0.367. The van der Waals surface area contributed by atoms with Crippen molar-refractivity contribution in [3.63, 3.8) is 0 Å². The van der Waals surface area contributed by atoms with Gasteiger partial charge in [-0.3, -0.25) is 4.79 Å². The molecule has 11 atom stereocenters. The van der Waals surface area contributed by atoms with Gasteiger partial charge in [0.2, 0.25) is 0 Å². The SMILES string of the molecule is CCCC1OC(CC(O)CC(CC2CC(C)OC(c3ccc(C)cc3)O2)OC(C)=O)CC(CC2CC(CC)OC(C)O2)O1. The largest absolute Gasteiger partial charge is 0.462 e. The quantitative estimate of drug-likeness (QED) is 0.260. The van der Waals surface area contributed by atoms with Gasteiger partial charge in [0.05, 0.1) is 42.7 Å². The molecule has 3 aliphatic rings. The molecule has 3 heterocycles. The summed E-state index contributed by atoms with van der Waals surface area (Å²) in [6.07, 6.45) is 4.66. The van der Waals surface area contributed by atoms with Gasteiger partial charge in [0.15, 0.2) is 18.9 Å². The first-order chi connectivity index (χ1) is 20.6. The highest BCUT2D eigenvalue weighted by Gasteiger charge is 2.37. The third-order valence-corrected chi connectivity index (χ3v) is 8.56. The van der Waals surface area contributed by atoms with Crippen LogP contribution in [-0.4, -0.2) is 72.5 Å². The normalized spacial score (nSPS) is 34.8. The Kier molecular flexibility index (Phi) is 13.3. The number of hydrogen-bond acceptors (Lipinski definition) is 9. The molecule has 0 saturated carbocycles. The predicted octanol–water partition coefficient (Wildman–Crippen LogP) is 6.27. The van der Waals surface area contributed by atoms with Crippen molar-refractivity contribution in [1.29, 1.82) is 0 Å². The number of ether oxygens (including phenoxy) is 7. The van der Waals surface area contributed by atoms with Crippen LogP contribution < -0.4 is 0 Å². The summed E-state index contributed by atoms with van der Waals surface area (Å²) in [5, 5.41) is 11.2. The van der Waals surface area contributed by atoms with Crippen LogP contribution in [0.4, 0.5) is 0 Å². The number of carbonyl (C=O) groups is 1. The summed E-state index contributed by atoms with van der Waals surface area (Å²) in [7, 11) is 0. The van der Waals surface area contributed by atoms with E-state index in [1.807, 2.05) is 45.0 Å². The second-order valence-electron chi connectivity index (χ2n) is 12.7. The van der Waals surface area contributed by atoms with E-state index in [0.29, 0.717) is 32.1 Å². The van der Waals surface area contributed by atoms with Crippen LogP contribution in [-0.2, 0) is 38.0 Å². The minimum Gasteiger partial charge on any atom is -0.462 e. The van der Waals surface area contributed by atoms with Crippen LogP contribution in [0.1, 0.15) is 116 Å². The lowest BCUT2D eigenvalue weighted by molar-refractivity contribution is -0.271. The lowest BCUT2D eigenvalue weighted by atomic mass is 9.94. The number of carbonyl (C=O) groups excluding carboxylic acids is 1. The molecule has 3 saturated heterocycles. The highest BCUT2D eigenvalue weighted by Crippen LogP contribution is 2.34. The molecule has 1 N–H and O–H groups in total. The van der Waals surface area contributed by atoms with E-state index >= 15 is 0 Å². The fraction of sp³-hybridized carbons (Fsp3) is 0.794. The molecule has 43 heavy (non-hydrogen) atoms. The second-order valence-corrected chi connectivity index (χ2v) is 12.7. The van der Waals surface area contributed by atoms with E-state index in [4.69, 9.17) is 33.2 Å². The molecule has 11 unspecified atom stereocenters. The van der Waals surface area contributed by atoms with Crippen LogP contribution in [0.25, 0.3) is 0 Å². The number of aliphatic hydroxyl groups is 1. The van der Waals surface area contributed by atoms with Gasteiger partial charge in [-0.1, -0.05) is 50.1 Å². The standard InChI is InChI=1S/C34H54O9/c1-7-9-33-41-30(19-32(42-33)20-31-17-27(8-2)39-24(6)40-31)16-26(36)15-29(38-23(5)35)18-28-14-22(4)37-34(43-28)25-12-10-21(3)11-13-25/h10-13,22,24,26-34,36H,7-9,14-20H2,1-6H3. The maximum absolute atomic E-state index is 12.0. The second kappa shape index (κ2) is 16.6. The molecule has 3 aliphatic heterocycles. The number of benzene rings is 1. The molecule has 0 amide bonds. The Morgan fingerprint density at radius 2 is 1.53 bits per heavy atom. The van der Waals surface area contributed by atoms with Gasteiger partial charge in [-0.05, 0) is 46.5 Å². The molecule has 0 aliphatic carbocycles. The van der Waals surface area contributed by atoms with Gasteiger partial charge >= 0.3 is 5.97 Å². The molecule has 1 aromatic carbocycles. The lowest BCUT2D eigenvalue weighted by Gasteiger charge is -2.40. The Bertz CT molecular complexity index is 971. The Balaban J connectivity index is 1.34. The molecule has 9 nitrogen and oxygen atoms in total. The summed E-state index contributed by atoms with van der Waals surface area (Å²) < 4.78 is 42.7. The minimum absolute atomic E-state index is 0.00803. The Morgan fingerprint density at radius 3 is 2.23 bits per heavy atom. The Morgan fingerprint density at radius 1 is 0.884 bits per heavy atom. The summed E-state index contributed by atoms with van der Waals surface area (Å²) >= 11 is 0. The molecule has 9 heteroatoms. The molecule has 0 radical (unpaired) electrons. The third-order valence-electron chi connectivity index (χ3n) is 8.56. The van der Waals surface area contributed by atoms with Gasteiger partial charge in [-0.15, -0.1) is 0 Å². The van der Waals surface area contributed by atoms with Crippen LogP contribution in [0.3, 0.4) is 0 Å². The molecular weight excluding hydrogens is 552 g/mol. The summed E-state index contributed by atoms with van der Waals surface area (Å²) in [4.78, 5) is 12.0. The molecule has 244 valence electrons. The first-order valence-electron chi connectivity index (χ1n) is 16.4. The number of aryl methyl sites for hydroxylation is 1. The maximum atomic E-state index is 12.0. The van der Waals surface area contributed by atoms with E-state index in [-0.39, 0.29) is 55.2 Å². The van der Waals surface area contributed by atoms with E-state index in [1.165, 1.54) is 12.5 Å². The van der Waals surface area contributed by atoms with Crippen molar-refractivity contribution < 1.29 is 43.1 Å². The lowest BCUT2D eigenvalue weighted by Crippen LogP contribution is -2.44. The van der Waals surface area contributed by atoms with Crippen LogP contribution in [0.2, 0.25) is 0 Å². The zero-order chi connectivity index (χ0) is 30.9. The van der Waals surface area contributed by atoms with Crippen molar-refractivity contribution in [3.8, 4) is 0 Å². The highest BCUT2D eigenvalue weighted by atomic mass is 16.7. The highest BCUT2D eigenvalue weighted by molar-refractivity contribution is 5.66.